The van der Waals surface area contributed by atoms with Gasteiger partial charge in [-0.1, -0.05) is 36.1 Å². The van der Waals surface area contributed by atoms with Gasteiger partial charge in [0, 0.05) is 0 Å². The van der Waals surface area contributed by atoms with Gasteiger partial charge in [-0.3, -0.25) is 0 Å². The van der Waals surface area contributed by atoms with Crippen LogP contribution in [0, 0.1) is 0 Å². The van der Waals surface area contributed by atoms with Crippen LogP contribution in [0.5, 0.6) is 0 Å². The predicted octanol–water partition coefficient (Wildman–Crippen LogP) is 3.57. The van der Waals surface area contributed by atoms with Gasteiger partial charge in [-0.15, -0.1) is 11.3 Å². The van der Waals surface area contributed by atoms with Crippen LogP contribution in [-0.4, -0.2) is 10.7 Å². The summed E-state index contributed by atoms with van der Waals surface area (Å²) in [6.07, 6.45) is 0. The lowest BCUT2D eigenvalue weighted by molar-refractivity contribution is 1.26. The van der Waals surface area contributed by atoms with Gasteiger partial charge in [0.25, 0.3) is 0 Å². The van der Waals surface area contributed by atoms with E-state index in [0.29, 0.717) is 0 Å². The molecule has 0 atom stereocenters. The lowest BCUT2D eigenvalue weighted by atomic mass is 10.4. The molecular weight excluding hydrogens is 232 g/mol. The van der Waals surface area contributed by atoms with E-state index in [1.54, 1.807) is 34.4 Å². The van der Waals surface area contributed by atoms with Gasteiger partial charge in [0.15, 0.2) is 4.34 Å². The number of nitrogens with two attached hydrogens (primary N) is 1. The molecule has 0 aliphatic heterocycles. The zero-order chi connectivity index (χ0) is 9.97. The second-order valence-corrected chi connectivity index (χ2v) is 6.09. The molecule has 2 N–H and O–H groups in total. The van der Waals surface area contributed by atoms with Crippen molar-refractivity contribution in [2.24, 2.45) is 0 Å². The van der Waals surface area contributed by atoms with E-state index < -0.39 is 0 Å². The average molecular weight is 242 g/mol. The Morgan fingerprint density at radius 2 is 2.43 bits per heavy atom. The van der Waals surface area contributed by atoms with Gasteiger partial charge < -0.3 is 5.73 Å². The van der Waals surface area contributed by atoms with Crippen LogP contribution >= 0.6 is 34.4 Å². The van der Waals surface area contributed by atoms with E-state index in [1.165, 1.54) is 0 Å². The molecule has 0 amide bonds. The van der Waals surface area contributed by atoms with Gasteiger partial charge in [0.1, 0.15) is 10.7 Å². The van der Waals surface area contributed by atoms with Crippen LogP contribution in [0.25, 0.3) is 10.6 Å². The number of thiophene rings is 1. The summed E-state index contributed by atoms with van der Waals surface area (Å²) in [6.45, 7) is 2.12. The average Bonchev–Trinajstić information content (AvgIpc) is 2.74. The molecule has 2 heterocycles. The highest BCUT2D eigenvalue weighted by Gasteiger charge is 2.10. The van der Waals surface area contributed by atoms with Crippen LogP contribution in [0.1, 0.15) is 6.92 Å². The molecule has 0 aliphatic carbocycles. The first-order chi connectivity index (χ1) is 6.81. The summed E-state index contributed by atoms with van der Waals surface area (Å²) in [7, 11) is 0. The van der Waals surface area contributed by atoms with Crippen molar-refractivity contribution in [2.75, 3.05) is 11.5 Å². The number of thiazole rings is 1. The molecule has 74 valence electrons. The standard InChI is InChI=1S/C9H10N2S3/c1-2-12-9-11-7(8(10)14-9)6-4-3-5-13-6/h3-5H,2,10H2,1H3. The molecule has 2 aromatic rings. The topological polar surface area (TPSA) is 38.9 Å². The molecule has 0 bridgehead atoms. The highest BCUT2D eigenvalue weighted by atomic mass is 32.2. The van der Waals surface area contributed by atoms with Gasteiger partial charge in [-0.05, 0) is 17.2 Å². The molecule has 2 nitrogen and oxygen atoms in total. The van der Waals surface area contributed by atoms with E-state index in [9.17, 15) is 0 Å². The summed E-state index contributed by atoms with van der Waals surface area (Å²) in [5.41, 5.74) is 6.86. The molecule has 0 unspecified atom stereocenters. The number of nitrogens with zero attached hydrogens (tertiary/aromatic N) is 1. The van der Waals surface area contributed by atoms with Crippen molar-refractivity contribution in [1.29, 1.82) is 0 Å². The third-order valence-corrected chi connectivity index (χ3v) is 4.44. The Balaban J connectivity index is 2.35. The first-order valence-electron chi connectivity index (χ1n) is 4.24. The largest absolute Gasteiger partial charge is 0.389 e. The Hall–Kier alpha value is -0.520. The molecule has 0 saturated carbocycles. The van der Waals surface area contributed by atoms with E-state index in [0.717, 1.165) is 25.7 Å². The SMILES string of the molecule is CCSc1nc(-c2cccs2)c(N)s1. The van der Waals surface area contributed by atoms with Crippen molar-refractivity contribution in [3.8, 4) is 10.6 Å². The highest BCUT2D eigenvalue weighted by molar-refractivity contribution is 8.01. The van der Waals surface area contributed by atoms with Gasteiger partial charge in [0.05, 0.1) is 4.88 Å². The number of rotatable bonds is 3. The van der Waals surface area contributed by atoms with Crippen molar-refractivity contribution in [2.45, 2.75) is 11.3 Å². The molecular formula is C9H10N2S3. The second kappa shape index (κ2) is 4.33. The molecule has 0 aromatic carbocycles. The molecule has 14 heavy (non-hydrogen) atoms. The van der Waals surface area contributed by atoms with Crippen molar-refractivity contribution >= 4 is 39.4 Å². The number of nitrogen functional groups attached to an aromatic ring is 1. The van der Waals surface area contributed by atoms with E-state index in [1.807, 2.05) is 11.4 Å². The highest BCUT2D eigenvalue weighted by Crippen LogP contribution is 2.36. The summed E-state index contributed by atoms with van der Waals surface area (Å²) in [5, 5.41) is 2.87. The minimum Gasteiger partial charge on any atom is -0.389 e. The van der Waals surface area contributed by atoms with Gasteiger partial charge in [-0.2, -0.15) is 0 Å². The minimum atomic E-state index is 0.823. The zero-order valence-corrected chi connectivity index (χ0v) is 10.1. The molecule has 2 rings (SSSR count). The van der Waals surface area contributed by atoms with Crippen molar-refractivity contribution in [3.05, 3.63) is 17.5 Å². The Kier molecular flexibility index (Phi) is 3.10. The van der Waals surface area contributed by atoms with E-state index in [-0.39, 0.29) is 0 Å². The smallest absolute Gasteiger partial charge is 0.152 e. The lowest BCUT2D eigenvalue weighted by Gasteiger charge is -1.90. The lowest BCUT2D eigenvalue weighted by Crippen LogP contribution is -1.82. The van der Waals surface area contributed by atoms with Crippen LogP contribution in [0.4, 0.5) is 5.00 Å². The number of thioether (sulfide) groups is 1. The minimum absolute atomic E-state index is 0.823. The Bertz CT molecular complexity index is 406. The second-order valence-electron chi connectivity index (χ2n) is 2.60. The number of aromatic nitrogens is 1. The Morgan fingerprint density at radius 1 is 1.57 bits per heavy atom. The van der Waals surface area contributed by atoms with Crippen molar-refractivity contribution < 1.29 is 0 Å². The van der Waals surface area contributed by atoms with Crippen LogP contribution in [0.15, 0.2) is 21.9 Å². The third kappa shape index (κ3) is 1.94. The first-order valence-corrected chi connectivity index (χ1v) is 6.92. The van der Waals surface area contributed by atoms with Crippen LogP contribution in [0.3, 0.4) is 0 Å². The number of anilines is 1. The quantitative estimate of drug-likeness (QED) is 0.836. The summed E-state index contributed by atoms with van der Waals surface area (Å²) >= 11 is 4.99. The molecule has 0 fully saturated rings. The fourth-order valence-electron chi connectivity index (χ4n) is 1.09. The van der Waals surface area contributed by atoms with Gasteiger partial charge in [-0.25, -0.2) is 4.98 Å². The molecule has 0 spiro atoms. The number of hydrogen-bond donors (Lipinski definition) is 1. The monoisotopic (exact) mass is 242 g/mol. The maximum absolute atomic E-state index is 5.91. The fraction of sp³-hybridized carbons (Fsp3) is 0.222. The first kappa shape index (κ1) is 10.0. The van der Waals surface area contributed by atoms with Crippen LogP contribution < -0.4 is 5.73 Å². The fourth-order valence-corrected chi connectivity index (χ4v) is 3.72. The summed E-state index contributed by atoms with van der Waals surface area (Å²) in [5.74, 6) is 1.04. The van der Waals surface area contributed by atoms with Crippen molar-refractivity contribution in [3.63, 3.8) is 0 Å². The van der Waals surface area contributed by atoms with E-state index in [2.05, 4.69) is 18.0 Å². The molecule has 0 saturated heterocycles. The molecule has 0 radical (unpaired) electrons. The van der Waals surface area contributed by atoms with Crippen LogP contribution in [-0.2, 0) is 0 Å². The maximum atomic E-state index is 5.91. The molecule has 0 aliphatic rings. The predicted molar refractivity (Wildman–Crippen MR) is 66.2 cm³/mol. The maximum Gasteiger partial charge on any atom is 0.152 e. The normalized spacial score (nSPS) is 10.6. The van der Waals surface area contributed by atoms with E-state index in [4.69, 9.17) is 5.73 Å². The Morgan fingerprint density at radius 3 is 3.07 bits per heavy atom. The molecule has 5 heteroatoms. The van der Waals surface area contributed by atoms with E-state index >= 15 is 0 Å². The van der Waals surface area contributed by atoms with Crippen molar-refractivity contribution in [1.82, 2.24) is 4.98 Å². The summed E-state index contributed by atoms with van der Waals surface area (Å²) in [4.78, 5) is 5.66. The summed E-state index contributed by atoms with van der Waals surface area (Å²) in [6, 6.07) is 4.07. The van der Waals surface area contributed by atoms with Crippen LogP contribution in [0.2, 0.25) is 0 Å². The molecule has 2 aromatic heterocycles. The summed E-state index contributed by atoms with van der Waals surface area (Å²) < 4.78 is 1.06. The third-order valence-electron chi connectivity index (χ3n) is 1.66. The van der Waals surface area contributed by atoms with Gasteiger partial charge in [0.2, 0.25) is 0 Å². The number of hydrogen-bond acceptors (Lipinski definition) is 5. The Labute approximate surface area is 95.2 Å². The van der Waals surface area contributed by atoms with Gasteiger partial charge >= 0.3 is 0 Å². The zero-order valence-electron chi connectivity index (χ0n) is 7.69.